The summed E-state index contributed by atoms with van der Waals surface area (Å²) in [6.45, 7) is 6.31. The number of ether oxygens (including phenoxy) is 1. The largest absolute Gasteiger partial charge is 0.452 e. The molecular weight excluding hydrogens is 471 g/mol. The summed E-state index contributed by atoms with van der Waals surface area (Å²) in [5, 5.41) is 4.00. The fourth-order valence-corrected chi connectivity index (χ4v) is 5.07. The number of carbonyl (C=O) groups is 2. The molecule has 0 saturated carbocycles. The smallest absolute Gasteiger partial charge is 0.339 e. The number of hydrogen-bond donors (Lipinski definition) is 1. The maximum absolute atomic E-state index is 13.4. The second-order valence-corrected chi connectivity index (χ2v) is 10.2. The predicted molar refractivity (Wildman–Crippen MR) is 137 cm³/mol. The Hall–Kier alpha value is -2.63. The average molecular weight is 499 g/mol. The molecule has 1 aromatic heterocycles. The lowest BCUT2D eigenvalue weighted by Gasteiger charge is -2.37. The van der Waals surface area contributed by atoms with Crippen LogP contribution in [0.2, 0.25) is 10.0 Å². The molecule has 4 rings (SSSR count). The number of benzene rings is 2. The summed E-state index contributed by atoms with van der Waals surface area (Å²) in [7, 11) is 0. The van der Waals surface area contributed by atoms with Crippen molar-refractivity contribution in [2.75, 3.05) is 11.9 Å². The molecule has 2 aromatic carbocycles. The molecule has 0 fully saturated rings. The number of carbonyl (C=O) groups excluding carboxylic acids is 2. The van der Waals surface area contributed by atoms with Crippen molar-refractivity contribution >= 4 is 51.7 Å². The molecule has 1 aliphatic rings. The molecule has 5 nitrogen and oxygen atoms in total. The van der Waals surface area contributed by atoms with E-state index in [1.807, 2.05) is 24.3 Å². The summed E-state index contributed by atoms with van der Waals surface area (Å²) in [6.07, 6.45) is 3.67. The van der Waals surface area contributed by atoms with Crippen molar-refractivity contribution in [2.45, 2.75) is 46.5 Å². The van der Waals surface area contributed by atoms with E-state index in [0.29, 0.717) is 27.2 Å². The summed E-state index contributed by atoms with van der Waals surface area (Å²) in [6, 6.07) is 12.5. The van der Waals surface area contributed by atoms with Gasteiger partial charge in [0.15, 0.2) is 6.61 Å². The van der Waals surface area contributed by atoms with Gasteiger partial charge in [0.1, 0.15) is 0 Å². The molecule has 0 aliphatic heterocycles. The highest BCUT2D eigenvalue weighted by Gasteiger charge is 2.34. The van der Waals surface area contributed by atoms with Crippen molar-refractivity contribution < 1.29 is 14.3 Å². The number of fused-ring (bicyclic) bond motifs is 2. The zero-order valence-corrected chi connectivity index (χ0v) is 21.1. The fraction of sp³-hybridized carbons (Fsp3) is 0.370. The molecule has 1 atom stereocenters. The van der Waals surface area contributed by atoms with Crippen LogP contribution in [0.25, 0.3) is 10.9 Å². The quantitative estimate of drug-likeness (QED) is 0.376. The summed E-state index contributed by atoms with van der Waals surface area (Å²) in [4.78, 5) is 30.7. The summed E-state index contributed by atoms with van der Waals surface area (Å²) < 4.78 is 5.50. The van der Waals surface area contributed by atoms with E-state index in [9.17, 15) is 9.59 Å². The first-order chi connectivity index (χ1) is 16.2. The molecule has 178 valence electrons. The highest BCUT2D eigenvalue weighted by molar-refractivity contribution is 6.39. The van der Waals surface area contributed by atoms with Crippen LogP contribution in [0.3, 0.4) is 0 Å². The highest BCUT2D eigenvalue weighted by atomic mass is 35.5. The predicted octanol–water partition coefficient (Wildman–Crippen LogP) is 6.88. The van der Waals surface area contributed by atoms with Gasteiger partial charge in [-0.3, -0.25) is 9.78 Å². The monoisotopic (exact) mass is 498 g/mol. The van der Waals surface area contributed by atoms with Crippen LogP contribution in [-0.4, -0.2) is 23.5 Å². The molecule has 1 N–H and O–H groups in total. The zero-order chi connectivity index (χ0) is 24.5. The molecule has 34 heavy (non-hydrogen) atoms. The standard InChI is InChI=1S/C27H28Cl2N2O3/c1-4-27(2,3)16-12-13-22-18(14-16)24(17-8-5-6-11-21(17)30-22)26(33)34-15-23(32)31-25-19(28)9-7-10-20(25)29/h5-11,16H,4,12-15H2,1-3H3,(H,31,32). The minimum Gasteiger partial charge on any atom is -0.452 e. The Morgan fingerprint density at radius 3 is 2.53 bits per heavy atom. The van der Waals surface area contributed by atoms with Crippen LogP contribution in [0.5, 0.6) is 0 Å². The number of hydrogen-bond acceptors (Lipinski definition) is 4. The van der Waals surface area contributed by atoms with Gasteiger partial charge in [-0.05, 0) is 54.4 Å². The third-order valence-corrected chi connectivity index (χ3v) is 7.67. The van der Waals surface area contributed by atoms with Gasteiger partial charge in [-0.1, -0.05) is 74.7 Å². The second kappa shape index (κ2) is 9.93. The molecule has 3 aromatic rings. The number of para-hydroxylation sites is 2. The molecule has 7 heteroatoms. The molecule has 1 aliphatic carbocycles. The first-order valence-corrected chi connectivity index (χ1v) is 12.3. The van der Waals surface area contributed by atoms with E-state index in [-0.39, 0.29) is 5.41 Å². The normalized spacial score (nSPS) is 15.6. The Bertz CT molecular complexity index is 1240. The van der Waals surface area contributed by atoms with Crippen LogP contribution in [0.1, 0.15) is 55.2 Å². The van der Waals surface area contributed by atoms with E-state index < -0.39 is 18.5 Å². The first-order valence-electron chi connectivity index (χ1n) is 11.5. The number of rotatable bonds is 6. The number of aromatic nitrogens is 1. The molecule has 1 heterocycles. The van der Waals surface area contributed by atoms with E-state index >= 15 is 0 Å². The Labute approximate surface area is 209 Å². The molecule has 0 bridgehead atoms. The molecule has 1 amide bonds. The molecule has 0 radical (unpaired) electrons. The lowest BCUT2D eigenvalue weighted by molar-refractivity contribution is -0.119. The van der Waals surface area contributed by atoms with Gasteiger partial charge in [-0.2, -0.15) is 0 Å². The minimum atomic E-state index is -0.523. The molecular formula is C27H28Cl2N2O3. The number of nitrogens with zero attached hydrogens (tertiary/aromatic N) is 1. The van der Waals surface area contributed by atoms with E-state index in [2.05, 4.69) is 26.1 Å². The molecule has 0 saturated heterocycles. The maximum atomic E-state index is 13.4. The van der Waals surface area contributed by atoms with Gasteiger partial charge in [0.05, 0.1) is 26.8 Å². The number of aryl methyl sites for hydroxylation is 1. The second-order valence-electron chi connectivity index (χ2n) is 9.43. The van der Waals surface area contributed by atoms with Gasteiger partial charge in [0.2, 0.25) is 0 Å². The van der Waals surface area contributed by atoms with Gasteiger partial charge in [-0.25, -0.2) is 4.79 Å². The number of halogens is 2. The van der Waals surface area contributed by atoms with Gasteiger partial charge < -0.3 is 10.1 Å². The van der Waals surface area contributed by atoms with E-state index in [0.717, 1.165) is 47.8 Å². The van der Waals surface area contributed by atoms with Crippen molar-refractivity contribution in [1.82, 2.24) is 4.98 Å². The fourth-order valence-electron chi connectivity index (χ4n) is 4.57. The van der Waals surface area contributed by atoms with Gasteiger partial charge in [0, 0.05) is 11.1 Å². The Morgan fingerprint density at radius 1 is 1.12 bits per heavy atom. The van der Waals surface area contributed by atoms with E-state index in [1.165, 1.54) is 0 Å². The number of amides is 1. The van der Waals surface area contributed by atoms with E-state index in [1.54, 1.807) is 18.2 Å². The first kappa shape index (κ1) is 24.5. The Kier molecular flexibility index (Phi) is 7.15. The molecule has 0 spiro atoms. The van der Waals surface area contributed by atoms with E-state index in [4.69, 9.17) is 32.9 Å². The van der Waals surface area contributed by atoms with Gasteiger partial charge >= 0.3 is 5.97 Å². The average Bonchev–Trinajstić information content (AvgIpc) is 2.83. The lowest BCUT2D eigenvalue weighted by atomic mass is 9.68. The Balaban J connectivity index is 1.61. The van der Waals surface area contributed by atoms with Crippen LogP contribution in [0, 0.1) is 11.3 Å². The zero-order valence-electron chi connectivity index (χ0n) is 19.6. The van der Waals surface area contributed by atoms with Gasteiger partial charge in [-0.15, -0.1) is 0 Å². The Morgan fingerprint density at radius 2 is 1.82 bits per heavy atom. The van der Waals surface area contributed by atoms with Crippen LogP contribution in [-0.2, 0) is 22.4 Å². The van der Waals surface area contributed by atoms with Crippen molar-refractivity contribution in [3.05, 3.63) is 69.3 Å². The summed E-state index contributed by atoms with van der Waals surface area (Å²) in [5.74, 6) is -0.601. The van der Waals surface area contributed by atoms with Crippen LogP contribution >= 0.6 is 23.2 Å². The topological polar surface area (TPSA) is 68.3 Å². The van der Waals surface area contributed by atoms with Crippen molar-refractivity contribution in [1.29, 1.82) is 0 Å². The summed E-state index contributed by atoms with van der Waals surface area (Å²) in [5.41, 5.74) is 3.60. The third-order valence-electron chi connectivity index (χ3n) is 7.04. The van der Waals surface area contributed by atoms with Crippen molar-refractivity contribution in [2.24, 2.45) is 11.3 Å². The molecule has 1 unspecified atom stereocenters. The van der Waals surface area contributed by atoms with Crippen molar-refractivity contribution in [3.8, 4) is 0 Å². The SMILES string of the molecule is CCC(C)(C)C1CCc2nc3ccccc3c(C(=O)OCC(=O)Nc3c(Cl)cccc3Cl)c2C1. The maximum Gasteiger partial charge on any atom is 0.339 e. The van der Waals surface area contributed by atoms with Crippen molar-refractivity contribution in [3.63, 3.8) is 0 Å². The number of nitrogens with one attached hydrogen (secondary N) is 1. The van der Waals surface area contributed by atoms with Crippen LogP contribution in [0.4, 0.5) is 5.69 Å². The highest BCUT2D eigenvalue weighted by Crippen LogP contribution is 2.41. The minimum absolute atomic E-state index is 0.151. The van der Waals surface area contributed by atoms with Gasteiger partial charge in [0.25, 0.3) is 5.91 Å². The van der Waals surface area contributed by atoms with Crippen LogP contribution < -0.4 is 5.32 Å². The number of anilines is 1. The number of esters is 1. The lowest BCUT2D eigenvalue weighted by Crippen LogP contribution is -2.31. The summed E-state index contributed by atoms with van der Waals surface area (Å²) >= 11 is 12.3. The number of pyridine rings is 1. The van der Waals surface area contributed by atoms with Crippen LogP contribution in [0.15, 0.2) is 42.5 Å². The third kappa shape index (κ3) is 4.91.